The number of rotatable bonds is 3. The molecule has 1 heterocycles. The van der Waals surface area contributed by atoms with Gasteiger partial charge >= 0.3 is 0 Å². The lowest BCUT2D eigenvalue weighted by Gasteiger charge is -2.20. The first-order valence-corrected chi connectivity index (χ1v) is 7.87. The zero-order chi connectivity index (χ0) is 14.8. The second kappa shape index (κ2) is 5.88. The maximum atomic E-state index is 12.3. The summed E-state index contributed by atoms with van der Waals surface area (Å²) in [5.41, 5.74) is 2.58. The second-order valence-corrected chi connectivity index (χ2v) is 6.11. The summed E-state index contributed by atoms with van der Waals surface area (Å²) in [7, 11) is 0. The number of benzene rings is 1. The summed E-state index contributed by atoms with van der Waals surface area (Å²) in [6, 6.07) is 5.97. The number of anilines is 1. The molecule has 1 aromatic carbocycles. The fourth-order valence-electron chi connectivity index (χ4n) is 3.28. The highest BCUT2D eigenvalue weighted by atomic mass is 16.2. The molecule has 112 valence electrons. The molecule has 1 saturated heterocycles. The zero-order valence-electron chi connectivity index (χ0n) is 12.5. The minimum Gasteiger partial charge on any atom is -0.349 e. The molecule has 4 nitrogen and oxygen atoms in total. The van der Waals surface area contributed by atoms with E-state index in [-0.39, 0.29) is 11.8 Å². The highest BCUT2D eigenvalue weighted by Crippen LogP contribution is 2.26. The second-order valence-electron chi connectivity index (χ2n) is 6.11. The maximum Gasteiger partial charge on any atom is 0.251 e. The fraction of sp³-hybridized carbons (Fsp3) is 0.529. The van der Waals surface area contributed by atoms with Crippen LogP contribution in [0.3, 0.4) is 0 Å². The van der Waals surface area contributed by atoms with E-state index in [2.05, 4.69) is 5.32 Å². The minimum atomic E-state index is -0.0187. The van der Waals surface area contributed by atoms with E-state index in [4.69, 9.17) is 0 Å². The van der Waals surface area contributed by atoms with Gasteiger partial charge in [0.25, 0.3) is 5.91 Å². The Hall–Kier alpha value is -1.84. The summed E-state index contributed by atoms with van der Waals surface area (Å²) in [5, 5.41) is 3.10. The first kappa shape index (κ1) is 14.1. The third kappa shape index (κ3) is 2.94. The Morgan fingerprint density at radius 1 is 1.24 bits per heavy atom. The number of nitrogens with zero attached hydrogens (tertiary/aromatic N) is 1. The lowest BCUT2D eigenvalue weighted by molar-refractivity contribution is -0.117. The summed E-state index contributed by atoms with van der Waals surface area (Å²) in [6.07, 6.45) is 6.07. The molecule has 1 aliphatic heterocycles. The molecule has 0 unspecified atom stereocenters. The highest BCUT2D eigenvalue weighted by Gasteiger charge is 2.24. The quantitative estimate of drug-likeness (QED) is 0.929. The summed E-state index contributed by atoms with van der Waals surface area (Å²) < 4.78 is 0. The Labute approximate surface area is 125 Å². The third-order valence-corrected chi connectivity index (χ3v) is 4.53. The van der Waals surface area contributed by atoms with Gasteiger partial charge in [0.2, 0.25) is 5.91 Å². The van der Waals surface area contributed by atoms with Gasteiger partial charge in [-0.15, -0.1) is 0 Å². The maximum absolute atomic E-state index is 12.3. The fourth-order valence-corrected chi connectivity index (χ4v) is 3.28. The number of amides is 2. The van der Waals surface area contributed by atoms with E-state index in [1.807, 2.05) is 30.0 Å². The van der Waals surface area contributed by atoms with E-state index in [1.165, 1.54) is 12.8 Å². The van der Waals surface area contributed by atoms with Crippen LogP contribution in [-0.4, -0.2) is 24.4 Å². The van der Waals surface area contributed by atoms with Gasteiger partial charge in [-0.25, -0.2) is 0 Å². The predicted molar refractivity (Wildman–Crippen MR) is 82.5 cm³/mol. The average Bonchev–Trinajstić information content (AvgIpc) is 3.11. The number of hydrogen-bond acceptors (Lipinski definition) is 2. The molecular weight excluding hydrogens is 264 g/mol. The van der Waals surface area contributed by atoms with Crippen molar-refractivity contribution in [2.75, 3.05) is 11.4 Å². The number of carbonyl (C=O) groups excluding carboxylic acids is 2. The van der Waals surface area contributed by atoms with E-state index in [9.17, 15) is 9.59 Å². The van der Waals surface area contributed by atoms with Gasteiger partial charge in [0.15, 0.2) is 0 Å². The van der Waals surface area contributed by atoms with Gasteiger partial charge in [-0.2, -0.15) is 0 Å². The molecule has 2 amide bonds. The van der Waals surface area contributed by atoms with Crippen LogP contribution < -0.4 is 10.2 Å². The first-order valence-electron chi connectivity index (χ1n) is 7.87. The summed E-state index contributed by atoms with van der Waals surface area (Å²) in [6.45, 7) is 2.74. The highest BCUT2D eigenvalue weighted by molar-refractivity contribution is 5.99. The van der Waals surface area contributed by atoms with Crippen molar-refractivity contribution in [3.05, 3.63) is 29.3 Å². The third-order valence-electron chi connectivity index (χ3n) is 4.53. The topological polar surface area (TPSA) is 49.4 Å². The van der Waals surface area contributed by atoms with Crippen LogP contribution in [0.25, 0.3) is 0 Å². The summed E-state index contributed by atoms with van der Waals surface area (Å²) >= 11 is 0. The van der Waals surface area contributed by atoms with Crippen LogP contribution in [0.15, 0.2) is 18.2 Å². The van der Waals surface area contributed by atoms with Crippen molar-refractivity contribution in [2.45, 2.75) is 51.5 Å². The molecule has 1 N–H and O–H groups in total. The molecule has 21 heavy (non-hydrogen) atoms. The molecule has 1 aromatic rings. The van der Waals surface area contributed by atoms with Crippen LogP contribution in [-0.2, 0) is 4.79 Å². The van der Waals surface area contributed by atoms with Crippen molar-refractivity contribution in [3.8, 4) is 0 Å². The van der Waals surface area contributed by atoms with Gasteiger partial charge in [0, 0.05) is 30.3 Å². The number of aryl methyl sites for hydroxylation is 1. The Morgan fingerprint density at radius 2 is 2.00 bits per heavy atom. The largest absolute Gasteiger partial charge is 0.349 e. The van der Waals surface area contributed by atoms with E-state index in [0.717, 1.165) is 37.1 Å². The molecular formula is C17H22N2O2. The lowest BCUT2D eigenvalue weighted by Crippen LogP contribution is -2.33. The molecule has 0 bridgehead atoms. The Bertz CT molecular complexity index is 562. The lowest BCUT2D eigenvalue weighted by atomic mass is 10.1. The Morgan fingerprint density at radius 3 is 2.67 bits per heavy atom. The van der Waals surface area contributed by atoms with Crippen LogP contribution in [0.4, 0.5) is 5.69 Å². The molecule has 4 heteroatoms. The molecule has 0 aromatic heterocycles. The Kier molecular flexibility index (Phi) is 3.95. The SMILES string of the molecule is Cc1ccc(C(=O)NC2CCCC2)cc1N1CCCC1=O. The molecule has 0 radical (unpaired) electrons. The molecule has 3 rings (SSSR count). The van der Waals surface area contributed by atoms with E-state index in [0.29, 0.717) is 18.0 Å². The summed E-state index contributed by atoms with van der Waals surface area (Å²) in [4.78, 5) is 26.1. The van der Waals surface area contributed by atoms with E-state index < -0.39 is 0 Å². The summed E-state index contributed by atoms with van der Waals surface area (Å²) in [5.74, 6) is 0.140. The van der Waals surface area contributed by atoms with Crippen LogP contribution in [0, 0.1) is 6.92 Å². The number of hydrogen-bond donors (Lipinski definition) is 1. The Balaban J connectivity index is 1.79. The minimum absolute atomic E-state index is 0.0187. The number of nitrogens with one attached hydrogen (secondary N) is 1. The normalized spacial score (nSPS) is 19.3. The molecule has 2 aliphatic rings. The van der Waals surface area contributed by atoms with Crippen molar-refractivity contribution in [1.29, 1.82) is 0 Å². The van der Waals surface area contributed by atoms with Crippen LogP contribution in [0.1, 0.15) is 54.4 Å². The van der Waals surface area contributed by atoms with Crippen molar-refractivity contribution in [1.82, 2.24) is 5.32 Å². The smallest absolute Gasteiger partial charge is 0.251 e. The molecule has 0 spiro atoms. The van der Waals surface area contributed by atoms with Crippen LogP contribution in [0.2, 0.25) is 0 Å². The van der Waals surface area contributed by atoms with Gasteiger partial charge in [-0.05, 0) is 43.9 Å². The van der Waals surface area contributed by atoms with Gasteiger partial charge in [0.1, 0.15) is 0 Å². The van der Waals surface area contributed by atoms with Crippen molar-refractivity contribution < 1.29 is 9.59 Å². The van der Waals surface area contributed by atoms with Crippen molar-refractivity contribution >= 4 is 17.5 Å². The monoisotopic (exact) mass is 286 g/mol. The van der Waals surface area contributed by atoms with E-state index >= 15 is 0 Å². The predicted octanol–water partition coefficient (Wildman–Crippen LogP) is 2.79. The molecule has 1 saturated carbocycles. The van der Waals surface area contributed by atoms with Gasteiger partial charge < -0.3 is 10.2 Å². The standard InChI is InChI=1S/C17H22N2O2/c1-12-8-9-13(17(21)18-14-5-2-3-6-14)11-15(12)19-10-4-7-16(19)20/h8-9,11,14H,2-7,10H2,1H3,(H,18,21). The van der Waals surface area contributed by atoms with Gasteiger partial charge in [0.05, 0.1) is 0 Å². The zero-order valence-corrected chi connectivity index (χ0v) is 12.5. The average molecular weight is 286 g/mol. The molecule has 2 fully saturated rings. The van der Waals surface area contributed by atoms with Crippen molar-refractivity contribution in [3.63, 3.8) is 0 Å². The van der Waals surface area contributed by atoms with Crippen LogP contribution >= 0.6 is 0 Å². The molecule has 0 atom stereocenters. The van der Waals surface area contributed by atoms with Crippen molar-refractivity contribution in [2.24, 2.45) is 0 Å². The van der Waals surface area contributed by atoms with Gasteiger partial charge in [-0.3, -0.25) is 9.59 Å². The number of carbonyl (C=O) groups is 2. The first-order chi connectivity index (χ1) is 10.1. The van der Waals surface area contributed by atoms with E-state index in [1.54, 1.807) is 0 Å². The van der Waals surface area contributed by atoms with Gasteiger partial charge in [-0.1, -0.05) is 18.9 Å². The van der Waals surface area contributed by atoms with Crippen LogP contribution in [0.5, 0.6) is 0 Å². The molecule has 1 aliphatic carbocycles.